The van der Waals surface area contributed by atoms with Crippen LogP contribution < -0.4 is 4.74 Å². The summed E-state index contributed by atoms with van der Waals surface area (Å²) in [5.74, 6) is 1.35. The molecule has 2 atom stereocenters. The molecule has 3 heteroatoms. The first-order chi connectivity index (χ1) is 8.11. The second-order valence-electron chi connectivity index (χ2n) is 4.85. The van der Waals surface area contributed by atoms with Crippen LogP contribution in [0.25, 0.3) is 0 Å². The zero-order valence-electron chi connectivity index (χ0n) is 10.4. The van der Waals surface area contributed by atoms with E-state index in [4.69, 9.17) is 16.3 Å². The lowest BCUT2D eigenvalue weighted by atomic mass is 9.94. The van der Waals surface area contributed by atoms with Gasteiger partial charge in [-0.05, 0) is 30.0 Å². The molecule has 94 valence electrons. The number of aliphatic hydroxyl groups excluding tert-OH is 1. The molecule has 1 aliphatic heterocycles. The average Bonchev–Trinajstić information content (AvgIpc) is 2.75. The van der Waals surface area contributed by atoms with Gasteiger partial charge in [-0.25, -0.2) is 0 Å². The van der Waals surface area contributed by atoms with Crippen molar-refractivity contribution in [2.45, 2.75) is 39.2 Å². The molecule has 1 aromatic carbocycles. The van der Waals surface area contributed by atoms with E-state index in [0.29, 0.717) is 17.5 Å². The van der Waals surface area contributed by atoms with Gasteiger partial charge in [-0.2, -0.15) is 0 Å². The SMILES string of the molecule is CCC(C)CC(O)c1cc(Cl)cc2c1OCC2. The largest absolute Gasteiger partial charge is 0.493 e. The van der Waals surface area contributed by atoms with Gasteiger partial charge in [0.15, 0.2) is 0 Å². The van der Waals surface area contributed by atoms with Crippen molar-refractivity contribution in [3.05, 3.63) is 28.3 Å². The molecule has 1 N–H and O–H groups in total. The molecule has 2 nitrogen and oxygen atoms in total. The maximum absolute atomic E-state index is 10.3. The van der Waals surface area contributed by atoms with E-state index in [1.54, 1.807) is 0 Å². The number of rotatable bonds is 4. The molecule has 0 radical (unpaired) electrons. The van der Waals surface area contributed by atoms with Crippen molar-refractivity contribution in [1.29, 1.82) is 0 Å². The number of halogens is 1. The van der Waals surface area contributed by atoms with E-state index in [1.807, 2.05) is 12.1 Å². The van der Waals surface area contributed by atoms with E-state index in [9.17, 15) is 5.11 Å². The lowest BCUT2D eigenvalue weighted by molar-refractivity contribution is 0.142. The van der Waals surface area contributed by atoms with Gasteiger partial charge < -0.3 is 9.84 Å². The lowest BCUT2D eigenvalue weighted by Crippen LogP contribution is -2.05. The van der Waals surface area contributed by atoms with E-state index >= 15 is 0 Å². The van der Waals surface area contributed by atoms with Crippen molar-refractivity contribution in [3.8, 4) is 5.75 Å². The summed E-state index contributed by atoms with van der Waals surface area (Å²) in [6.45, 7) is 4.98. The standard InChI is InChI=1S/C14H19ClO2/c1-3-9(2)6-13(16)12-8-11(15)7-10-4-5-17-14(10)12/h7-9,13,16H,3-6H2,1-2H3. The Morgan fingerprint density at radius 2 is 2.24 bits per heavy atom. The molecule has 0 aromatic heterocycles. The van der Waals surface area contributed by atoms with Gasteiger partial charge in [0.05, 0.1) is 12.7 Å². The van der Waals surface area contributed by atoms with Crippen LogP contribution in [0.15, 0.2) is 12.1 Å². The van der Waals surface area contributed by atoms with Crippen LogP contribution in [0.5, 0.6) is 5.75 Å². The molecule has 0 saturated carbocycles. The first-order valence-electron chi connectivity index (χ1n) is 6.25. The Morgan fingerprint density at radius 3 is 2.94 bits per heavy atom. The lowest BCUT2D eigenvalue weighted by Gasteiger charge is -2.18. The fourth-order valence-electron chi connectivity index (χ4n) is 2.22. The molecule has 17 heavy (non-hydrogen) atoms. The number of ether oxygens (including phenoxy) is 1. The van der Waals surface area contributed by atoms with Gasteiger partial charge in [-0.3, -0.25) is 0 Å². The Morgan fingerprint density at radius 1 is 1.47 bits per heavy atom. The van der Waals surface area contributed by atoms with Gasteiger partial charge >= 0.3 is 0 Å². The fraction of sp³-hybridized carbons (Fsp3) is 0.571. The predicted molar refractivity (Wildman–Crippen MR) is 69.7 cm³/mol. The van der Waals surface area contributed by atoms with Crippen LogP contribution in [0, 0.1) is 5.92 Å². The maximum Gasteiger partial charge on any atom is 0.128 e. The number of fused-ring (bicyclic) bond motifs is 1. The molecule has 0 aliphatic carbocycles. The summed E-state index contributed by atoms with van der Waals surface area (Å²) in [5, 5.41) is 11.0. The monoisotopic (exact) mass is 254 g/mol. The highest BCUT2D eigenvalue weighted by molar-refractivity contribution is 6.30. The van der Waals surface area contributed by atoms with Gasteiger partial charge in [-0.1, -0.05) is 31.9 Å². The van der Waals surface area contributed by atoms with Crippen LogP contribution in [0.3, 0.4) is 0 Å². The average molecular weight is 255 g/mol. The molecule has 0 bridgehead atoms. The third-order valence-electron chi connectivity index (χ3n) is 3.46. The van der Waals surface area contributed by atoms with Crippen molar-refractivity contribution >= 4 is 11.6 Å². The number of aliphatic hydroxyl groups is 1. The molecule has 1 aromatic rings. The minimum atomic E-state index is -0.476. The minimum Gasteiger partial charge on any atom is -0.493 e. The molecular formula is C14H19ClO2. The van der Waals surface area contributed by atoms with Crippen LogP contribution >= 0.6 is 11.6 Å². The Bertz CT molecular complexity index is 403. The second-order valence-corrected chi connectivity index (χ2v) is 5.28. The van der Waals surface area contributed by atoms with Crippen molar-refractivity contribution in [2.24, 2.45) is 5.92 Å². The Balaban J connectivity index is 2.25. The van der Waals surface area contributed by atoms with Crippen molar-refractivity contribution in [1.82, 2.24) is 0 Å². The van der Waals surface area contributed by atoms with E-state index in [0.717, 1.165) is 36.1 Å². The highest BCUT2D eigenvalue weighted by Gasteiger charge is 2.22. The number of benzene rings is 1. The third kappa shape index (κ3) is 2.75. The molecule has 2 unspecified atom stereocenters. The first-order valence-corrected chi connectivity index (χ1v) is 6.62. The summed E-state index contributed by atoms with van der Waals surface area (Å²) in [6.07, 6.45) is 2.24. The van der Waals surface area contributed by atoms with Crippen LogP contribution in [0.1, 0.15) is 43.9 Å². The van der Waals surface area contributed by atoms with Crippen molar-refractivity contribution in [3.63, 3.8) is 0 Å². The summed E-state index contributed by atoms with van der Waals surface area (Å²) in [6, 6.07) is 3.77. The zero-order valence-corrected chi connectivity index (χ0v) is 11.1. The van der Waals surface area contributed by atoms with E-state index < -0.39 is 6.10 Å². The molecule has 0 spiro atoms. The summed E-state index contributed by atoms with van der Waals surface area (Å²) in [5.41, 5.74) is 1.97. The summed E-state index contributed by atoms with van der Waals surface area (Å²) < 4.78 is 5.60. The predicted octanol–water partition coefficient (Wildman–Crippen LogP) is 3.74. The topological polar surface area (TPSA) is 29.5 Å². The minimum absolute atomic E-state index is 0.476. The Labute approximate surface area is 108 Å². The molecule has 1 heterocycles. The molecule has 0 fully saturated rings. The van der Waals surface area contributed by atoms with E-state index in [1.165, 1.54) is 0 Å². The number of hydrogen-bond acceptors (Lipinski definition) is 2. The highest BCUT2D eigenvalue weighted by atomic mass is 35.5. The van der Waals surface area contributed by atoms with Crippen LogP contribution in [0.2, 0.25) is 5.02 Å². The van der Waals surface area contributed by atoms with Crippen LogP contribution in [-0.2, 0) is 6.42 Å². The van der Waals surface area contributed by atoms with E-state index in [2.05, 4.69) is 13.8 Å². The van der Waals surface area contributed by atoms with Gasteiger partial charge in [0.1, 0.15) is 5.75 Å². The van der Waals surface area contributed by atoms with Gasteiger partial charge in [0.2, 0.25) is 0 Å². The number of hydrogen-bond donors (Lipinski definition) is 1. The molecule has 2 rings (SSSR count). The molecule has 0 amide bonds. The normalized spacial score (nSPS) is 17.4. The van der Waals surface area contributed by atoms with E-state index in [-0.39, 0.29) is 0 Å². The van der Waals surface area contributed by atoms with Crippen LogP contribution in [-0.4, -0.2) is 11.7 Å². The second kappa shape index (κ2) is 5.28. The molecular weight excluding hydrogens is 236 g/mol. The smallest absolute Gasteiger partial charge is 0.128 e. The maximum atomic E-state index is 10.3. The third-order valence-corrected chi connectivity index (χ3v) is 3.68. The van der Waals surface area contributed by atoms with Crippen molar-refractivity contribution < 1.29 is 9.84 Å². The van der Waals surface area contributed by atoms with Gasteiger partial charge in [0, 0.05) is 17.0 Å². The first kappa shape index (κ1) is 12.7. The Kier molecular flexibility index (Phi) is 3.95. The summed E-state index contributed by atoms with van der Waals surface area (Å²) in [7, 11) is 0. The highest BCUT2D eigenvalue weighted by Crippen LogP contribution is 2.38. The summed E-state index contributed by atoms with van der Waals surface area (Å²) >= 11 is 6.08. The van der Waals surface area contributed by atoms with Crippen LogP contribution in [0.4, 0.5) is 0 Å². The molecule has 1 aliphatic rings. The van der Waals surface area contributed by atoms with Crippen molar-refractivity contribution in [2.75, 3.05) is 6.61 Å². The molecule has 0 saturated heterocycles. The quantitative estimate of drug-likeness (QED) is 0.887. The Hall–Kier alpha value is -0.730. The summed E-state index contributed by atoms with van der Waals surface area (Å²) in [4.78, 5) is 0. The van der Waals surface area contributed by atoms with Gasteiger partial charge in [0.25, 0.3) is 0 Å². The van der Waals surface area contributed by atoms with Gasteiger partial charge in [-0.15, -0.1) is 0 Å². The fourth-order valence-corrected chi connectivity index (χ4v) is 2.47. The zero-order chi connectivity index (χ0) is 12.4.